The predicted octanol–water partition coefficient (Wildman–Crippen LogP) is 2.46. The predicted molar refractivity (Wildman–Crippen MR) is 75.1 cm³/mol. The van der Waals surface area contributed by atoms with Gasteiger partial charge in [-0.15, -0.1) is 0 Å². The summed E-state index contributed by atoms with van der Waals surface area (Å²) in [5.41, 5.74) is 1.44. The Morgan fingerprint density at radius 1 is 1.00 bits per heavy atom. The fourth-order valence-electron chi connectivity index (χ4n) is 3.05. The minimum Gasteiger partial charge on any atom is -0.347 e. The molecule has 0 bridgehead atoms. The van der Waals surface area contributed by atoms with Crippen molar-refractivity contribution in [2.75, 3.05) is 32.8 Å². The van der Waals surface area contributed by atoms with Crippen LogP contribution in [-0.2, 0) is 15.9 Å². The third-order valence-corrected chi connectivity index (χ3v) is 4.21. The fraction of sp³-hybridized carbons (Fsp3) is 0.625. The highest BCUT2D eigenvalue weighted by atomic mass is 16.7. The molecule has 1 aromatic rings. The lowest BCUT2D eigenvalue weighted by Crippen LogP contribution is -2.45. The summed E-state index contributed by atoms with van der Waals surface area (Å²) in [6.07, 6.45) is 4.46. The lowest BCUT2D eigenvalue weighted by Gasteiger charge is -2.37. The van der Waals surface area contributed by atoms with Crippen LogP contribution < -0.4 is 0 Å². The number of piperidine rings is 1. The first-order valence-electron chi connectivity index (χ1n) is 7.41. The largest absolute Gasteiger partial charge is 0.347 e. The Morgan fingerprint density at radius 3 is 2.37 bits per heavy atom. The van der Waals surface area contributed by atoms with E-state index in [1.165, 1.54) is 24.9 Å². The van der Waals surface area contributed by atoms with Crippen LogP contribution in [0.2, 0.25) is 0 Å². The molecule has 104 valence electrons. The monoisotopic (exact) mass is 261 g/mol. The maximum atomic E-state index is 5.75. The van der Waals surface area contributed by atoms with E-state index in [-0.39, 0.29) is 5.79 Å². The number of ether oxygens (including phenoxy) is 2. The Kier molecular flexibility index (Phi) is 4.16. The van der Waals surface area contributed by atoms with Crippen LogP contribution in [-0.4, -0.2) is 43.5 Å². The van der Waals surface area contributed by atoms with Crippen molar-refractivity contribution in [1.82, 2.24) is 4.90 Å². The lowest BCUT2D eigenvalue weighted by molar-refractivity contribution is -0.185. The van der Waals surface area contributed by atoms with E-state index in [1.54, 1.807) is 0 Å². The number of hydrogen-bond donors (Lipinski definition) is 0. The van der Waals surface area contributed by atoms with Crippen molar-refractivity contribution in [2.45, 2.75) is 31.5 Å². The van der Waals surface area contributed by atoms with Crippen LogP contribution in [0, 0.1) is 0 Å². The van der Waals surface area contributed by atoms with Crippen LogP contribution in [0.25, 0.3) is 0 Å². The van der Waals surface area contributed by atoms with Gasteiger partial charge in [-0.2, -0.15) is 0 Å². The quantitative estimate of drug-likeness (QED) is 0.831. The van der Waals surface area contributed by atoms with Crippen molar-refractivity contribution in [3.63, 3.8) is 0 Å². The number of benzene rings is 1. The van der Waals surface area contributed by atoms with Crippen LogP contribution in [0.4, 0.5) is 0 Å². The van der Waals surface area contributed by atoms with Crippen molar-refractivity contribution in [3.8, 4) is 0 Å². The first-order chi connectivity index (χ1) is 9.36. The number of nitrogens with zero attached hydrogens (tertiary/aromatic N) is 1. The molecular formula is C16H23NO2. The number of rotatable bonds is 4. The van der Waals surface area contributed by atoms with Crippen molar-refractivity contribution in [3.05, 3.63) is 35.9 Å². The zero-order chi connectivity index (χ0) is 13.0. The summed E-state index contributed by atoms with van der Waals surface area (Å²) in [5, 5.41) is 0. The highest BCUT2D eigenvalue weighted by Crippen LogP contribution is 2.31. The molecule has 2 aliphatic rings. The van der Waals surface area contributed by atoms with Crippen molar-refractivity contribution in [2.24, 2.45) is 0 Å². The van der Waals surface area contributed by atoms with Gasteiger partial charge in [-0.3, -0.25) is 0 Å². The van der Waals surface area contributed by atoms with Crippen molar-refractivity contribution < 1.29 is 9.47 Å². The summed E-state index contributed by atoms with van der Waals surface area (Å²) < 4.78 is 11.5. The van der Waals surface area contributed by atoms with Crippen LogP contribution in [0.5, 0.6) is 0 Å². The summed E-state index contributed by atoms with van der Waals surface area (Å²) in [5.74, 6) is -0.226. The SMILES string of the molecule is c1ccc(CCCN2CCC3(CC2)OCCO3)cc1. The molecule has 1 aromatic carbocycles. The lowest BCUT2D eigenvalue weighted by atomic mass is 10.0. The van der Waals surface area contributed by atoms with Gasteiger partial charge in [0.15, 0.2) is 5.79 Å². The maximum absolute atomic E-state index is 5.75. The normalized spacial score (nSPS) is 22.9. The molecule has 0 radical (unpaired) electrons. The molecule has 3 heteroatoms. The average Bonchev–Trinajstić information content (AvgIpc) is 2.91. The van der Waals surface area contributed by atoms with E-state index in [1.807, 2.05) is 0 Å². The number of hydrogen-bond acceptors (Lipinski definition) is 3. The Labute approximate surface area is 115 Å². The third kappa shape index (κ3) is 3.35. The highest BCUT2D eigenvalue weighted by molar-refractivity contribution is 5.14. The zero-order valence-electron chi connectivity index (χ0n) is 11.5. The van der Waals surface area contributed by atoms with Gasteiger partial charge in [0.1, 0.15) is 0 Å². The van der Waals surface area contributed by atoms with Gasteiger partial charge in [0.25, 0.3) is 0 Å². The van der Waals surface area contributed by atoms with Gasteiger partial charge in [0.2, 0.25) is 0 Å². The standard InChI is InChI=1S/C16H23NO2/c1-2-5-15(6-3-1)7-4-10-17-11-8-16(9-12-17)18-13-14-19-16/h1-3,5-6H,4,7-14H2. The molecule has 3 rings (SSSR count). The molecule has 0 saturated carbocycles. The van der Waals surface area contributed by atoms with Crippen LogP contribution >= 0.6 is 0 Å². The van der Waals surface area contributed by atoms with E-state index in [4.69, 9.17) is 9.47 Å². The topological polar surface area (TPSA) is 21.7 Å². The van der Waals surface area contributed by atoms with Crippen molar-refractivity contribution in [1.29, 1.82) is 0 Å². The smallest absolute Gasteiger partial charge is 0.170 e. The molecule has 2 aliphatic heterocycles. The van der Waals surface area contributed by atoms with Crippen LogP contribution in [0.15, 0.2) is 30.3 Å². The minimum atomic E-state index is -0.226. The molecule has 2 heterocycles. The van der Waals surface area contributed by atoms with Crippen molar-refractivity contribution >= 4 is 0 Å². The Bertz CT molecular complexity index is 377. The first kappa shape index (κ1) is 13.1. The van der Waals surface area contributed by atoms with Gasteiger partial charge < -0.3 is 14.4 Å². The zero-order valence-corrected chi connectivity index (χ0v) is 11.5. The average molecular weight is 261 g/mol. The summed E-state index contributed by atoms with van der Waals surface area (Å²) in [6, 6.07) is 10.7. The summed E-state index contributed by atoms with van der Waals surface area (Å²) >= 11 is 0. The van der Waals surface area contributed by atoms with Crippen LogP contribution in [0.1, 0.15) is 24.8 Å². The van der Waals surface area contributed by atoms with Gasteiger partial charge in [0.05, 0.1) is 13.2 Å². The van der Waals surface area contributed by atoms with E-state index < -0.39 is 0 Å². The van der Waals surface area contributed by atoms with E-state index in [9.17, 15) is 0 Å². The molecule has 19 heavy (non-hydrogen) atoms. The Morgan fingerprint density at radius 2 is 1.68 bits per heavy atom. The van der Waals surface area contributed by atoms with Gasteiger partial charge in [-0.05, 0) is 24.9 Å². The Hall–Kier alpha value is -0.900. The molecule has 0 aliphatic carbocycles. The molecular weight excluding hydrogens is 238 g/mol. The summed E-state index contributed by atoms with van der Waals surface area (Å²) in [7, 11) is 0. The second-order valence-corrected chi connectivity index (χ2v) is 5.54. The van der Waals surface area contributed by atoms with Gasteiger partial charge in [-0.1, -0.05) is 30.3 Å². The molecule has 0 N–H and O–H groups in total. The van der Waals surface area contributed by atoms with Gasteiger partial charge in [0, 0.05) is 25.9 Å². The van der Waals surface area contributed by atoms with E-state index >= 15 is 0 Å². The number of aryl methyl sites for hydroxylation is 1. The molecule has 1 spiro atoms. The fourth-order valence-corrected chi connectivity index (χ4v) is 3.05. The molecule has 0 atom stereocenters. The molecule has 0 unspecified atom stereocenters. The summed E-state index contributed by atoms with van der Waals surface area (Å²) in [6.45, 7) is 4.94. The van der Waals surface area contributed by atoms with E-state index in [0.717, 1.165) is 39.1 Å². The molecule has 2 saturated heterocycles. The molecule has 3 nitrogen and oxygen atoms in total. The summed E-state index contributed by atoms with van der Waals surface area (Å²) in [4.78, 5) is 2.54. The molecule has 0 amide bonds. The second kappa shape index (κ2) is 6.04. The van der Waals surface area contributed by atoms with Gasteiger partial charge in [-0.25, -0.2) is 0 Å². The first-order valence-corrected chi connectivity index (χ1v) is 7.41. The third-order valence-electron chi connectivity index (χ3n) is 4.21. The Balaban J connectivity index is 1.38. The van der Waals surface area contributed by atoms with Gasteiger partial charge >= 0.3 is 0 Å². The molecule has 0 aromatic heterocycles. The van der Waals surface area contributed by atoms with E-state index in [0.29, 0.717) is 0 Å². The minimum absolute atomic E-state index is 0.226. The number of likely N-dealkylation sites (tertiary alicyclic amines) is 1. The maximum Gasteiger partial charge on any atom is 0.170 e. The molecule has 2 fully saturated rings. The van der Waals surface area contributed by atoms with E-state index in [2.05, 4.69) is 35.2 Å². The highest BCUT2D eigenvalue weighted by Gasteiger charge is 2.39. The van der Waals surface area contributed by atoms with Crippen LogP contribution in [0.3, 0.4) is 0 Å². The second-order valence-electron chi connectivity index (χ2n) is 5.54.